The summed E-state index contributed by atoms with van der Waals surface area (Å²) in [6.45, 7) is 5.95. The van der Waals surface area contributed by atoms with E-state index >= 15 is 0 Å². The lowest BCUT2D eigenvalue weighted by molar-refractivity contribution is -0.146. The maximum atomic E-state index is 13.4. The molecule has 2 aromatic carbocycles. The zero-order valence-corrected chi connectivity index (χ0v) is 22.6. The molecule has 1 amide bonds. The van der Waals surface area contributed by atoms with E-state index in [2.05, 4.69) is 29.6 Å². The molecule has 0 aromatic heterocycles. The van der Waals surface area contributed by atoms with Crippen molar-refractivity contribution in [3.63, 3.8) is 0 Å². The number of fused-ring (bicyclic) bond motifs is 1. The van der Waals surface area contributed by atoms with Gasteiger partial charge < -0.3 is 10.1 Å². The van der Waals surface area contributed by atoms with Gasteiger partial charge in [-0.25, -0.2) is 4.79 Å². The third-order valence-electron chi connectivity index (χ3n) is 7.53. The van der Waals surface area contributed by atoms with Crippen molar-refractivity contribution in [3.05, 3.63) is 48.0 Å². The van der Waals surface area contributed by atoms with Crippen LogP contribution in [0.25, 0.3) is 10.8 Å². The molecule has 0 radical (unpaired) electrons. The Hall–Kier alpha value is -3.02. The maximum absolute atomic E-state index is 13.4. The Bertz CT molecular complexity index is 1100. The third-order valence-corrected chi connectivity index (χ3v) is 7.53. The SMILES string of the molecule is COC(=O)[C@H](C[C@@H]1CCCCC1=O)NC(=O)[C@@H](CC(=O)[C@@H](C)Cc1cccc2ccccc12)CC(C)C. The number of ether oxygens (including phenoxy) is 1. The van der Waals surface area contributed by atoms with E-state index in [0.717, 1.165) is 35.6 Å². The number of methoxy groups -OCH3 is 1. The number of carbonyl (C=O) groups excluding carboxylic acids is 4. The van der Waals surface area contributed by atoms with E-state index in [1.54, 1.807) is 0 Å². The van der Waals surface area contributed by atoms with Crippen molar-refractivity contribution in [1.29, 1.82) is 0 Å². The minimum atomic E-state index is -0.887. The van der Waals surface area contributed by atoms with Gasteiger partial charge in [-0.1, -0.05) is 69.7 Å². The molecule has 3 rings (SSSR count). The number of Topliss-reactive ketones (excluding diaryl/α,β-unsaturated/α-hetero) is 2. The quantitative estimate of drug-likeness (QED) is 0.386. The van der Waals surface area contributed by atoms with Crippen LogP contribution in [-0.2, 0) is 30.3 Å². The van der Waals surface area contributed by atoms with Crippen LogP contribution in [-0.4, -0.2) is 36.6 Å². The molecule has 1 aliphatic carbocycles. The van der Waals surface area contributed by atoms with E-state index in [4.69, 9.17) is 4.74 Å². The van der Waals surface area contributed by atoms with Crippen LogP contribution in [0.2, 0.25) is 0 Å². The van der Waals surface area contributed by atoms with Crippen LogP contribution in [0.15, 0.2) is 42.5 Å². The number of esters is 1. The van der Waals surface area contributed by atoms with Crippen molar-refractivity contribution in [3.8, 4) is 0 Å². The Balaban J connectivity index is 1.69. The van der Waals surface area contributed by atoms with Gasteiger partial charge in [0.1, 0.15) is 17.6 Å². The molecule has 1 fully saturated rings. The molecule has 0 spiro atoms. The maximum Gasteiger partial charge on any atom is 0.328 e. The predicted molar refractivity (Wildman–Crippen MR) is 145 cm³/mol. The first-order chi connectivity index (χ1) is 17.7. The topological polar surface area (TPSA) is 89.5 Å². The van der Waals surface area contributed by atoms with E-state index in [1.807, 2.05) is 39.0 Å². The van der Waals surface area contributed by atoms with Gasteiger partial charge in [-0.15, -0.1) is 0 Å². The lowest BCUT2D eigenvalue weighted by Crippen LogP contribution is -2.46. The molecule has 1 N–H and O–H groups in total. The summed E-state index contributed by atoms with van der Waals surface area (Å²) in [4.78, 5) is 51.5. The lowest BCUT2D eigenvalue weighted by Gasteiger charge is -2.27. The Morgan fingerprint density at radius 3 is 2.46 bits per heavy atom. The summed E-state index contributed by atoms with van der Waals surface area (Å²) in [5.74, 6) is -1.53. The standard InChI is InChI=1S/C31H41NO5/c1-20(2)16-25(30(35)32-27(31(36)37-4)18-24-11-6-8-15-28(24)33)19-29(34)21(3)17-23-13-9-12-22-10-5-7-14-26(22)23/h5,7,9-10,12-14,20-21,24-25,27H,6,8,11,15-19H2,1-4H3,(H,32,35)/t21-,24-,25+,27-/m0/s1. The Kier molecular flexibility index (Phi) is 10.4. The minimum Gasteiger partial charge on any atom is -0.467 e. The molecule has 1 aliphatic rings. The van der Waals surface area contributed by atoms with Crippen molar-refractivity contribution >= 4 is 34.2 Å². The van der Waals surface area contributed by atoms with E-state index < -0.39 is 17.9 Å². The van der Waals surface area contributed by atoms with Crippen LogP contribution in [0.5, 0.6) is 0 Å². The average Bonchev–Trinajstić information content (AvgIpc) is 2.88. The summed E-state index contributed by atoms with van der Waals surface area (Å²) >= 11 is 0. The van der Waals surface area contributed by atoms with Gasteiger partial charge in [0.25, 0.3) is 0 Å². The van der Waals surface area contributed by atoms with Crippen molar-refractivity contribution in [1.82, 2.24) is 5.32 Å². The van der Waals surface area contributed by atoms with Gasteiger partial charge >= 0.3 is 5.97 Å². The molecule has 1 saturated carbocycles. The molecule has 0 unspecified atom stereocenters. The van der Waals surface area contributed by atoms with E-state index in [1.165, 1.54) is 7.11 Å². The van der Waals surface area contributed by atoms with Gasteiger partial charge in [-0.3, -0.25) is 14.4 Å². The second-order valence-corrected chi connectivity index (χ2v) is 11.0. The highest BCUT2D eigenvalue weighted by molar-refractivity contribution is 5.91. The summed E-state index contributed by atoms with van der Waals surface area (Å²) in [5, 5.41) is 5.12. The largest absolute Gasteiger partial charge is 0.467 e. The number of hydrogen-bond donors (Lipinski definition) is 1. The Labute approximate surface area is 220 Å². The van der Waals surface area contributed by atoms with E-state index in [0.29, 0.717) is 19.3 Å². The van der Waals surface area contributed by atoms with Gasteiger partial charge in [-0.2, -0.15) is 0 Å². The fourth-order valence-corrected chi connectivity index (χ4v) is 5.45. The Morgan fingerprint density at radius 2 is 1.76 bits per heavy atom. The first-order valence-corrected chi connectivity index (χ1v) is 13.6. The molecule has 0 saturated heterocycles. The van der Waals surface area contributed by atoms with Gasteiger partial charge in [0.05, 0.1) is 7.11 Å². The molecule has 0 heterocycles. The van der Waals surface area contributed by atoms with Gasteiger partial charge in [0.15, 0.2) is 0 Å². The second kappa shape index (κ2) is 13.5. The number of benzene rings is 2. The molecule has 0 bridgehead atoms. The smallest absolute Gasteiger partial charge is 0.328 e. The van der Waals surface area contributed by atoms with Crippen LogP contribution in [0, 0.1) is 23.7 Å². The van der Waals surface area contributed by atoms with Crippen LogP contribution in [0.4, 0.5) is 0 Å². The predicted octanol–water partition coefficient (Wildman–Crippen LogP) is 5.45. The van der Waals surface area contributed by atoms with Crippen molar-refractivity contribution in [2.24, 2.45) is 23.7 Å². The molecular formula is C31H41NO5. The second-order valence-electron chi connectivity index (χ2n) is 11.0. The summed E-state index contributed by atoms with van der Waals surface area (Å²) < 4.78 is 4.94. The zero-order valence-electron chi connectivity index (χ0n) is 22.6. The van der Waals surface area contributed by atoms with Crippen molar-refractivity contribution in [2.75, 3.05) is 7.11 Å². The molecule has 0 aliphatic heterocycles. The fraction of sp³-hybridized carbons (Fsp3) is 0.548. The fourth-order valence-electron chi connectivity index (χ4n) is 5.45. The average molecular weight is 508 g/mol. The van der Waals surface area contributed by atoms with Crippen LogP contribution >= 0.6 is 0 Å². The number of hydrogen-bond acceptors (Lipinski definition) is 5. The molecular weight excluding hydrogens is 466 g/mol. The summed E-state index contributed by atoms with van der Waals surface area (Å²) in [6, 6.07) is 13.4. The van der Waals surface area contributed by atoms with Crippen LogP contribution < -0.4 is 5.32 Å². The number of rotatable bonds is 12. The molecule has 200 valence electrons. The lowest BCUT2D eigenvalue weighted by atomic mass is 9.83. The number of ketones is 2. The highest BCUT2D eigenvalue weighted by atomic mass is 16.5. The first-order valence-electron chi connectivity index (χ1n) is 13.6. The van der Waals surface area contributed by atoms with E-state index in [9.17, 15) is 19.2 Å². The van der Waals surface area contributed by atoms with Crippen LogP contribution in [0.1, 0.15) is 71.3 Å². The van der Waals surface area contributed by atoms with Gasteiger partial charge in [0.2, 0.25) is 5.91 Å². The van der Waals surface area contributed by atoms with Crippen molar-refractivity contribution in [2.45, 2.75) is 78.2 Å². The number of nitrogens with one attached hydrogen (secondary N) is 1. The molecule has 37 heavy (non-hydrogen) atoms. The van der Waals surface area contributed by atoms with Gasteiger partial charge in [0, 0.05) is 30.6 Å². The normalized spacial score (nSPS) is 18.3. The third kappa shape index (κ3) is 7.98. The van der Waals surface area contributed by atoms with Crippen LogP contribution in [0.3, 0.4) is 0 Å². The summed E-state index contributed by atoms with van der Waals surface area (Å²) in [7, 11) is 1.29. The number of amides is 1. The molecule has 4 atom stereocenters. The highest BCUT2D eigenvalue weighted by Gasteiger charge is 2.33. The molecule has 2 aromatic rings. The summed E-state index contributed by atoms with van der Waals surface area (Å²) in [5.41, 5.74) is 1.12. The monoisotopic (exact) mass is 507 g/mol. The molecule has 6 nitrogen and oxygen atoms in total. The first kappa shape index (κ1) is 28.5. The molecule has 6 heteroatoms. The van der Waals surface area contributed by atoms with Gasteiger partial charge in [-0.05, 0) is 54.4 Å². The zero-order chi connectivity index (χ0) is 26.9. The van der Waals surface area contributed by atoms with E-state index in [-0.39, 0.29) is 48.1 Å². The minimum absolute atomic E-state index is 0.0332. The Morgan fingerprint density at radius 1 is 1.03 bits per heavy atom. The number of carbonyl (C=O) groups is 4. The summed E-state index contributed by atoms with van der Waals surface area (Å²) in [6.07, 6.45) is 4.56. The van der Waals surface area contributed by atoms with Crippen molar-refractivity contribution < 1.29 is 23.9 Å². The highest BCUT2D eigenvalue weighted by Crippen LogP contribution is 2.27.